The first-order valence-corrected chi connectivity index (χ1v) is 8.53. The maximum absolute atomic E-state index is 11.4. The second-order valence-electron chi connectivity index (χ2n) is 4.36. The number of rotatable bonds is 5. The van der Waals surface area contributed by atoms with Gasteiger partial charge in [0, 0.05) is 12.8 Å². The van der Waals surface area contributed by atoms with E-state index < -0.39 is 9.84 Å². The number of benzene rings is 1. The maximum atomic E-state index is 11.4. The average Bonchev–Trinajstić information content (AvgIpc) is 2.41. The van der Waals surface area contributed by atoms with Gasteiger partial charge >= 0.3 is 0 Å². The zero-order valence-electron chi connectivity index (χ0n) is 11.8. The lowest BCUT2D eigenvalue weighted by atomic mass is 10.1. The summed E-state index contributed by atoms with van der Waals surface area (Å²) in [6.45, 7) is 4.67. The van der Waals surface area contributed by atoms with E-state index in [9.17, 15) is 8.42 Å². The monoisotopic (exact) mass is 313 g/mol. The molecule has 0 bridgehead atoms. The van der Waals surface area contributed by atoms with Crippen LogP contribution in [0.15, 0.2) is 34.3 Å². The standard InChI is InChI=1S/C13H19N3O2S2/c1-4-9-14-13(19)16-15-10(2)11-5-7-12(8-6-11)20(3,17)18/h5-8H,4,9H2,1-3H3,(H2,14,16,19)/b15-10-. The van der Waals surface area contributed by atoms with Crippen LogP contribution in [0.25, 0.3) is 0 Å². The van der Waals surface area contributed by atoms with E-state index in [-0.39, 0.29) is 0 Å². The summed E-state index contributed by atoms with van der Waals surface area (Å²) in [7, 11) is -3.17. The van der Waals surface area contributed by atoms with Crippen LogP contribution in [-0.2, 0) is 9.84 Å². The van der Waals surface area contributed by atoms with E-state index in [0.717, 1.165) is 24.2 Å². The molecule has 2 N–H and O–H groups in total. The van der Waals surface area contributed by atoms with Crippen LogP contribution in [0.4, 0.5) is 0 Å². The molecule has 0 saturated heterocycles. The van der Waals surface area contributed by atoms with Gasteiger partial charge in [-0.15, -0.1) is 0 Å². The quantitative estimate of drug-likeness (QED) is 0.492. The van der Waals surface area contributed by atoms with Crippen molar-refractivity contribution in [3.05, 3.63) is 29.8 Å². The van der Waals surface area contributed by atoms with Crippen LogP contribution in [0.5, 0.6) is 0 Å². The first kappa shape index (κ1) is 16.6. The summed E-state index contributed by atoms with van der Waals surface area (Å²) in [6.07, 6.45) is 2.17. The van der Waals surface area contributed by atoms with Gasteiger partial charge in [-0.05, 0) is 43.3 Å². The van der Waals surface area contributed by atoms with E-state index in [1.165, 1.54) is 6.26 Å². The Morgan fingerprint density at radius 3 is 2.40 bits per heavy atom. The molecule has 0 atom stereocenters. The Morgan fingerprint density at radius 1 is 1.30 bits per heavy atom. The molecule has 0 aliphatic rings. The van der Waals surface area contributed by atoms with Crippen molar-refractivity contribution >= 4 is 32.9 Å². The van der Waals surface area contributed by atoms with Crippen LogP contribution in [0.1, 0.15) is 25.8 Å². The lowest BCUT2D eigenvalue weighted by molar-refractivity contribution is 0.602. The van der Waals surface area contributed by atoms with E-state index in [0.29, 0.717) is 10.0 Å². The van der Waals surface area contributed by atoms with Gasteiger partial charge in [0.25, 0.3) is 0 Å². The minimum absolute atomic E-state index is 0.294. The lowest BCUT2D eigenvalue weighted by Gasteiger charge is -2.07. The second-order valence-corrected chi connectivity index (χ2v) is 6.79. The minimum atomic E-state index is -3.17. The van der Waals surface area contributed by atoms with Gasteiger partial charge in [0.2, 0.25) is 0 Å². The smallest absolute Gasteiger partial charge is 0.186 e. The SMILES string of the molecule is CCCNC(=S)N/N=C(/C)c1ccc(S(C)(=O)=O)cc1. The number of hydrazone groups is 1. The molecule has 110 valence electrons. The first-order valence-electron chi connectivity index (χ1n) is 6.23. The van der Waals surface area contributed by atoms with Crippen LogP contribution < -0.4 is 10.7 Å². The molecule has 0 radical (unpaired) electrons. The molecule has 0 heterocycles. The molecule has 1 aromatic rings. The van der Waals surface area contributed by atoms with Crippen LogP contribution >= 0.6 is 12.2 Å². The molecule has 20 heavy (non-hydrogen) atoms. The third kappa shape index (κ3) is 5.26. The van der Waals surface area contributed by atoms with Gasteiger partial charge in [0.15, 0.2) is 14.9 Å². The van der Waals surface area contributed by atoms with Crippen LogP contribution in [0.3, 0.4) is 0 Å². The average molecular weight is 313 g/mol. The molecule has 1 aromatic carbocycles. The normalized spacial score (nSPS) is 12.1. The topological polar surface area (TPSA) is 70.6 Å². The summed E-state index contributed by atoms with van der Waals surface area (Å²) in [5.74, 6) is 0. The van der Waals surface area contributed by atoms with E-state index in [1.54, 1.807) is 24.3 Å². The Hall–Kier alpha value is -1.47. The highest BCUT2D eigenvalue weighted by Crippen LogP contribution is 2.10. The summed E-state index contributed by atoms with van der Waals surface area (Å²) in [4.78, 5) is 0.294. The van der Waals surface area contributed by atoms with Gasteiger partial charge in [0.05, 0.1) is 10.6 Å². The molecule has 1 rings (SSSR count). The van der Waals surface area contributed by atoms with Gasteiger partial charge in [-0.3, -0.25) is 5.43 Å². The van der Waals surface area contributed by atoms with Crippen LogP contribution in [0.2, 0.25) is 0 Å². The fourth-order valence-corrected chi connectivity index (χ4v) is 2.20. The third-order valence-corrected chi connectivity index (χ3v) is 3.93. The Balaban J connectivity index is 2.72. The fourth-order valence-electron chi connectivity index (χ4n) is 1.42. The zero-order chi connectivity index (χ0) is 15.2. The maximum Gasteiger partial charge on any atom is 0.186 e. The van der Waals surface area contributed by atoms with Crippen molar-refractivity contribution in [2.24, 2.45) is 5.10 Å². The molecule has 0 fully saturated rings. The molecule has 0 aliphatic carbocycles. The summed E-state index contributed by atoms with van der Waals surface area (Å²) in [5, 5.41) is 7.63. The Bertz CT molecular complexity index is 593. The van der Waals surface area contributed by atoms with Crippen LogP contribution in [0, 0.1) is 0 Å². The largest absolute Gasteiger partial charge is 0.361 e. The van der Waals surface area contributed by atoms with Gasteiger partial charge in [-0.25, -0.2) is 8.42 Å². The summed E-state index contributed by atoms with van der Waals surface area (Å²) in [5.41, 5.74) is 4.31. The second kappa shape index (κ2) is 7.35. The van der Waals surface area contributed by atoms with Gasteiger partial charge < -0.3 is 5.32 Å². The molecule has 0 amide bonds. The first-order chi connectivity index (χ1) is 9.34. The fraction of sp³-hybridized carbons (Fsp3) is 0.385. The van der Waals surface area contributed by atoms with Crippen molar-refractivity contribution < 1.29 is 8.42 Å². The number of thiocarbonyl (C=S) groups is 1. The highest BCUT2D eigenvalue weighted by Gasteiger charge is 2.07. The summed E-state index contributed by atoms with van der Waals surface area (Å²) in [6, 6.07) is 6.58. The van der Waals surface area contributed by atoms with E-state index in [4.69, 9.17) is 12.2 Å². The Morgan fingerprint density at radius 2 is 1.90 bits per heavy atom. The molecule has 0 spiro atoms. The molecule has 0 unspecified atom stereocenters. The molecule has 0 aliphatic heterocycles. The lowest BCUT2D eigenvalue weighted by Crippen LogP contribution is -2.32. The number of nitrogens with zero attached hydrogens (tertiary/aromatic N) is 1. The van der Waals surface area contributed by atoms with E-state index in [2.05, 4.69) is 15.8 Å². The number of sulfone groups is 1. The van der Waals surface area contributed by atoms with Crippen molar-refractivity contribution in [2.75, 3.05) is 12.8 Å². The third-order valence-electron chi connectivity index (χ3n) is 2.56. The Labute approximate surface area is 125 Å². The van der Waals surface area contributed by atoms with Gasteiger partial charge in [-0.2, -0.15) is 5.10 Å². The molecular formula is C13H19N3O2S2. The van der Waals surface area contributed by atoms with Crippen LogP contribution in [-0.4, -0.2) is 32.0 Å². The van der Waals surface area contributed by atoms with Crippen molar-refractivity contribution in [1.29, 1.82) is 0 Å². The van der Waals surface area contributed by atoms with Crippen molar-refractivity contribution in [1.82, 2.24) is 10.7 Å². The molecule has 5 nitrogen and oxygen atoms in total. The van der Waals surface area contributed by atoms with Crippen molar-refractivity contribution in [2.45, 2.75) is 25.2 Å². The predicted molar refractivity (Wildman–Crippen MR) is 85.8 cm³/mol. The van der Waals surface area contributed by atoms with Crippen molar-refractivity contribution in [3.63, 3.8) is 0 Å². The molecule has 7 heteroatoms. The number of hydrogen-bond donors (Lipinski definition) is 2. The predicted octanol–water partition coefficient (Wildman–Crippen LogP) is 1.69. The minimum Gasteiger partial charge on any atom is -0.361 e. The molecule has 0 aromatic heterocycles. The zero-order valence-corrected chi connectivity index (χ0v) is 13.4. The summed E-state index contributed by atoms with van der Waals surface area (Å²) < 4.78 is 22.7. The van der Waals surface area contributed by atoms with Crippen molar-refractivity contribution in [3.8, 4) is 0 Å². The van der Waals surface area contributed by atoms with E-state index >= 15 is 0 Å². The number of nitrogens with one attached hydrogen (secondary N) is 2. The summed E-state index contributed by atoms with van der Waals surface area (Å²) >= 11 is 5.05. The highest BCUT2D eigenvalue weighted by atomic mass is 32.2. The van der Waals surface area contributed by atoms with E-state index in [1.807, 2.05) is 13.8 Å². The Kier molecular flexibility index (Phi) is 6.09. The van der Waals surface area contributed by atoms with Gasteiger partial charge in [-0.1, -0.05) is 19.1 Å². The molecular weight excluding hydrogens is 294 g/mol. The highest BCUT2D eigenvalue weighted by molar-refractivity contribution is 7.90. The van der Waals surface area contributed by atoms with Gasteiger partial charge in [0.1, 0.15) is 0 Å². The molecule has 0 saturated carbocycles. The number of hydrogen-bond acceptors (Lipinski definition) is 4.